The maximum absolute atomic E-state index is 13.4. The zero-order valence-corrected chi connectivity index (χ0v) is 17.2. The van der Waals surface area contributed by atoms with Gasteiger partial charge in [-0.15, -0.1) is 0 Å². The monoisotopic (exact) mass is 454 g/mol. The van der Waals surface area contributed by atoms with Crippen LogP contribution in [0.25, 0.3) is 5.69 Å². The van der Waals surface area contributed by atoms with Gasteiger partial charge in [0, 0.05) is 12.6 Å². The molecular formula is C17H19ClF4N4O2S. The molecule has 0 aromatic carbocycles. The normalized spacial score (nSPS) is 13.9. The van der Waals surface area contributed by atoms with Gasteiger partial charge in [0.15, 0.2) is 5.15 Å². The second-order valence-corrected chi connectivity index (χ2v) is 8.25. The molecule has 0 N–H and O–H groups in total. The number of anilines is 1. The summed E-state index contributed by atoms with van der Waals surface area (Å²) in [6, 6.07) is 1.19. The highest BCUT2D eigenvalue weighted by molar-refractivity contribution is 7.91. The van der Waals surface area contributed by atoms with Gasteiger partial charge >= 0.3 is 6.18 Å². The van der Waals surface area contributed by atoms with Crippen molar-refractivity contribution in [3.63, 3.8) is 0 Å². The quantitative estimate of drug-likeness (QED) is 0.450. The fraction of sp³-hybridized carbons (Fsp3) is 0.471. The Balaban J connectivity index is 2.13. The van der Waals surface area contributed by atoms with Crippen LogP contribution in [0.4, 0.5) is 23.2 Å². The molecule has 2 heterocycles. The fourth-order valence-electron chi connectivity index (χ4n) is 2.56. The highest BCUT2D eigenvalue weighted by Gasteiger charge is 2.32. The zero-order valence-electron chi connectivity index (χ0n) is 15.6. The van der Waals surface area contributed by atoms with Gasteiger partial charge < -0.3 is 9.45 Å². The van der Waals surface area contributed by atoms with Crippen molar-refractivity contribution in [3.05, 3.63) is 35.6 Å². The van der Waals surface area contributed by atoms with Crippen LogP contribution in [0.5, 0.6) is 0 Å². The number of nitrogens with zero attached hydrogens (tertiary/aromatic N) is 4. The van der Waals surface area contributed by atoms with Crippen molar-refractivity contribution in [3.8, 4) is 5.69 Å². The van der Waals surface area contributed by atoms with Crippen molar-refractivity contribution >= 4 is 34.4 Å². The molecule has 0 aliphatic heterocycles. The second-order valence-electron chi connectivity index (χ2n) is 6.27. The number of carbonyl (C=O) groups excluding carboxylic acids is 1. The van der Waals surface area contributed by atoms with Crippen LogP contribution in [0.1, 0.15) is 20.3 Å². The highest BCUT2D eigenvalue weighted by atomic mass is 35.5. The predicted octanol–water partition coefficient (Wildman–Crippen LogP) is 3.75. The van der Waals surface area contributed by atoms with Gasteiger partial charge in [0.2, 0.25) is 5.91 Å². The van der Waals surface area contributed by atoms with Crippen molar-refractivity contribution in [2.75, 3.05) is 23.0 Å². The fourth-order valence-corrected chi connectivity index (χ4v) is 4.12. The Morgan fingerprint density at radius 2 is 2.10 bits per heavy atom. The number of aromatic nitrogens is 3. The minimum Gasteiger partial charge on any atom is -0.616 e. The van der Waals surface area contributed by atoms with E-state index in [1.165, 1.54) is 35.0 Å². The molecule has 0 saturated heterocycles. The first-order valence-corrected chi connectivity index (χ1v) is 10.5. The van der Waals surface area contributed by atoms with Crippen LogP contribution in [0.15, 0.2) is 24.7 Å². The largest absolute Gasteiger partial charge is 0.616 e. The Morgan fingerprint density at radius 3 is 2.69 bits per heavy atom. The van der Waals surface area contributed by atoms with E-state index < -0.39 is 47.2 Å². The van der Waals surface area contributed by atoms with Crippen molar-refractivity contribution in [1.29, 1.82) is 0 Å². The van der Waals surface area contributed by atoms with Gasteiger partial charge in [-0.1, -0.05) is 22.8 Å². The molecule has 0 aliphatic carbocycles. The maximum atomic E-state index is 13.4. The van der Waals surface area contributed by atoms with Crippen LogP contribution in [0.3, 0.4) is 0 Å². The molecule has 0 bridgehead atoms. The Hall–Kier alpha value is -1.85. The number of amides is 1. The lowest BCUT2D eigenvalue weighted by Gasteiger charge is -2.24. The van der Waals surface area contributed by atoms with E-state index in [4.69, 9.17) is 11.6 Å². The molecule has 2 aromatic rings. The first-order chi connectivity index (χ1) is 13.5. The number of hydrogen-bond donors (Lipinski definition) is 0. The molecule has 12 heteroatoms. The average molecular weight is 455 g/mol. The third-order valence-electron chi connectivity index (χ3n) is 3.95. The third kappa shape index (κ3) is 6.58. The molecule has 0 saturated carbocycles. The summed E-state index contributed by atoms with van der Waals surface area (Å²) in [5.41, 5.74) is 0.541. The van der Waals surface area contributed by atoms with E-state index in [0.717, 1.165) is 6.20 Å². The number of alkyl halides is 3. The van der Waals surface area contributed by atoms with Crippen molar-refractivity contribution in [2.45, 2.75) is 26.4 Å². The summed E-state index contributed by atoms with van der Waals surface area (Å²) in [6.45, 7) is 3.37. The van der Waals surface area contributed by atoms with Gasteiger partial charge in [-0.3, -0.25) is 9.78 Å². The number of halogens is 5. The molecule has 1 amide bonds. The first kappa shape index (κ1) is 23.4. The predicted molar refractivity (Wildman–Crippen MR) is 102 cm³/mol. The summed E-state index contributed by atoms with van der Waals surface area (Å²) in [5, 5.41) is 4.03. The molecule has 2 atom stereocenters. The molecule has 0 radical (unpaired) electrons. The first-order valence-electron chi connectivity index (χ1n) is 8.61. The molecule has 0 spiro atoms. The number of rotatable bonds is 8. The minimum atomic E-state index is -4.40. The molecular weight excluding hydrogens is 436 g/mol. The van der Waals surface area contributed by atoms with Gasteiger partial charge in [-0.2, -0.15) is 18.3 Å². The lowest BCUT2D eigenvalue weighted by Crippen LogP contribution is -2.38. The zero-order chi connectivity index (χ0) is 21.8. The van der Waals surface area contributed by atoms with Crippen molar-refractivity contribution in [1.82, 2.24) is 14.8 Å². The molecule has 0 aliphatic rings. The van der Waals surface area contributed by atoms with Gasteiger partial charge in [-0.25, -0.2) is 9.07 Å². The van der Waals surface area contributed by atoms with E-state index >= 15 is 0 Å². The summed E-state index contributed by atoms with van der Waals surface area (Å²) in [4.78, 5) is 17.8. The van der Waals surface area contributed by atoms with Gasteiger partial charge in [0.1, 0.15) is 23.0 Å². The third-order valence-corrected chi connectivity index (χ3v) is 5.75. The lowest BCUT2D eigenvalue weighted by molar-refractivity contribution is -0.129. The maximum Gasteiger partial charge on any atom is 0.393 e. The SMILES string of the molecule is CCN(C(=O)C(C)C[S+]([O-])CCC(F)(F)F)c1cn(-c2cncc(F)c2)nc1Cl. The highest BCUT2D eigenvalue weighted by Crippen LogP contribution is 2.28. The lowest BCUT2D eigenvalue weighted by atomic mass is 10.2. The van der Waals surface area contributed by atoms with Gasteiger partial charge in [0.05, 0.1) is 36.6 Å². The Bertz CT molecular complexity index is 849. The van der Waals surface area contributed by atoms with Crippen LogP contribution in [0, 0.1) is 11.7 Å². The summed E-state index contributed by atoms with van der Waals surface area (Å²) in [5.74, 6) is -2.58. The number of pyridine rings is 1. The van der Waals surface area contributed by atoms with Crippen molar-refractivity contribution in [2.24, 2.45) is 5.92 Å². The summed E-state index contributed by atoms with van der Waals surface area (Å²) in [6.07, 6.45) is -1.75. The molecule has 160 valence electrons. The topological polar surface area (TPSA) is 74.1 Å². The molecule has 2 rings (SSSR count). The molecule has 2 unspecified atom stereocenters. The van der Waals surface area contributed by atoms with E-state index in [1.807, 2.05) is 0 Å². The molecule has 0 fully saturated rings. The van der Waals surface area contributed by atoms with Crippen molar-refractivity contribution < 1.29 is 26.9 Å². The summed E-state index contributed by atoms with van der Waals surface area (Å²) in [7, 11) is 0. The molecule has 2 aromatic heterocycles. The summed E-state index contributed by atoms with van der Waals surface area (Å²) >= 11 is 4.34. The Morgan fingerprint density at radius 1 is 1.41 bits per heavy atom. The van der Waals surface area contributed by atoms with Crippen LogP contribution >= 0.6 is 11.6 Å². The number of hydrogen-bond acceptors (Lipinski definition) is 4. The number of carbonyl (C=O) groups is 1. The van der Waals surface area contributed by atoms with E-state index in [0.29, 0.717) is 5.69 Å². The standard InChI is InChI=1S/C17H19ClF4N4O2S/c1-3-25(16(27)11(2)10-29(28)5-4-17(20,21)22)14-9-26(24-15(14)18)13-6-12(19)7-23-8-13/h6-9,11H,3-5,10H2,1-2H3. The van der Waals surface area contributed by atoms with Crippen LogP contribution < -0.4 is 4.90 Å². The Kier molecular flexibility index (Phi) is 7.89. The average Bonchev–Trinajstić information content (AvgIpc) is 3.01. The van der Waals surface area contributed by atoms with Crippen LogP contribution in [-0.4, -0.2) is 49.5 Å². The summed E-state index contributed by atoms with van der Waals surface area (Å²) < 4.78 is 63.3. The molecule has 29 heavy (non-hydrogen) atoms. The van der Waals surface area contributed by atoms with Gasteiger partial charge in [-0.05, 0) is 13.8 Å². The van der Waals surface area contributed by atoms with Crippen LogP contribution in [0.2, 0.25) is 5.15 Å². The Labute approximate surface area is 173 Å². The minimum absolute atomic E-state index is 0.0187. The van der Waals surface area contributed by atoms with Crippen LogP contribution in [-0.2, 0) is 16.0 Å². The van der Waals surface area contributed by atoms with E-state index in [1.54, 1.807) is 6.92 Å². The second kappa shape index (κ2) is 9.77. The van der Waals surface area contributed by atoms with E-state index in [-0.39, 0.29) is 23.1 Å². The van der Waals surface area contributed by atoms with E-state index in [9.17, 15) is 26.9 Å². The van der Waals surface area contributed by atoms with Gasteiger partial charge in [0.25, 0.3) is 0 Å². The molecule has 6 nitrogen and oxygen atoms in total. The smallest absolute Gasteiger partial charge is 0.393 e. The van der Waals surface area contributed by atoms with E-state index in [2.05, 4.69) is 10.1 Å².